The number of amides is 1. The van der Waals surface area contributed by atoms with Crippen molar-refractivity contribution in [3.05, 3.63) is 94.5 Å². The van der Waals surface area contributed by atoms with Gasteiger partial charge in [-0.15, -0.1) is 0 Å². The number of nitrogens with zero attached hydrogens (tertiary/aromatic N) is 1. The lowest BCUT2D eigenvalue weighted by Crippen LogP contribution is -2.27. The average molecular weight is 455 g/mol. The number of para-hydroxylation sites is 1. The van der Waals surface area contributed by atoms with Crippen LogP contribution in [-0.2, 0) is 0 Å². The number of rotatable bonds is 6. The first-order valence-electron chi connectivity index (χ1n) is 10.7. The molecule has 4 aromatic rings. The third-order valence-electron chi connectivity index (χ3n) is 5.25. The zero-order chi connectivity index (χ0) is 23.4. The van der Waals surface area contributed by atoms with Crippen molar-refractivity contribution in [3.63, 3.8) is 0 Å². The number of hydrogen-bond donors (Lipinski definition) is 1. The second kappa shape index (κ2) is 9.77. The molecule has 1 aromatic heterocycles. The van der Waals surface area contributed by atoms with Crippen molar-refractivity contribution >= 4 is 40.1 Å². The van der Waals surface area contributed by atoms with Gasteiger partial charge in [0, 0.05) is 22.5 Å². The predicted octanol–water partition coefficient (Wildman–Crippen LogP) is 7.20. The van der Waals surface area contributed by atoms with Crippen LogP contribution in [0.3, 0.4) is 0 Å². The Labute approximate surface area is 198 Å². The summed E-state index contributed by atoms with van der Waals surface area (Å²) in [5.74, 6) is 0.698. The molecule has 164 valence electrons. The van der Waals surface area contributed by atoms with Gasteiger partial charge in [0.15, 0.2) is 0 Å². The second-order valence-electron chi connectivity index (χ2n) is 8.20. The van der Waals surface area contributed by atoms with Gasteiger partial charge in [-0.25, -0.2) is 0 Å². The summed E-state index contributed by atoms with van der Waals surface area (Å²) in [4.78, 5) is 13.0. The molecule has 0 bridgehead atoms. The van der Waals surface area contributed by atoms with Gasteiger partial charge in [-0.05, 0) is 41.3 Å². The molecule has 5 heteroatoms. The third kappa shape index (κ3) is 5.00. The molecule has 0 aliphatic rings. The number of furan rings is 1. The van der Waals surface area contributed by atoms with Crippen LogP contribution in [0.4, 0.5) is 0 Å². The molecule has 0 aliphatic heterocycles. The molecular formula is C28H23ClN2O2. The van der Waals surface area contributed by atoms with Crippen LogP contribution in [0.15, 0.2) is 77.2 Å². The Morgan fingerprint density at radius 1 is 1.06 bits per heavy atom. The largest absolute Gasteiger partial charge is 0.455 e. The molecule has 0 aliphatic carbocycles. The minimum absolute atomic E-state index is 0.159. The maximum atomic E-state index is 13.0. The highest BCUT2D eigenvalue weighted by atomic mass is 35.5. The Morgan fingerprint density at radius 3 is 2.42 bits per heavy atom. The van der Waals surface area contributed by atoms with E-state index in [1.807, 2.05) is 66.7 Å². The van der Waals surface area contributed by atoms with Crippen LogP contribution in [0.25, 0.3) is 33.9 Å². The quantitative estimate of drug-likeness (QED) is 0.247. The molecule has 0 radical (unpaired) electrons. The molecule has 4 rings (SSSR count). The van der Waals surface area contributed by atoms with Crippen molar-refractivity contribution in [2.75, 3.05) is 6.54 Å². The fourth-order valence-corrected chi connectivity index (χ4v) is 3.69. The SMILES string of the molecule is CC(C)CNC(=O)c1c(-c2ccc(/C(C#N)=C/c3ccc(Cl)cc3)cc2)oc2ccccc12. The number of carbonyl (C=O) groups is 1. The van der Waals surface area contributed by atoms with Gasteiger partial charge in [-0.1, -0.05) is 80.0 Å². The predicted molar refractivity (Wildman–Crippen MR) is 134 cm³/mol. The molecule has 33 heavy (non-hydrogen) atoms. The highest BCUT2D eigenvalue weighted by Crippen LogP contribution is 2.34. The number of nitriles is 1. The Bertz CT molecular complexity index is 1360. The van der Waals surface area contributed by atoms with E-state index >= 15 is 0 Å². The molecule has 1 amide bonds. The lowest BCUT2D eigenvalue weighted by molar-refractivity contribution is 0.0950. The van der Waals surface area contributed by atoms with Crippen LogP contribution >= 0.6 is 11.6 Å². The van der Waals surface area contributed by atoms with Crippen molar-refractivity contribution in [3.8, 4) is 17.4 Å². The molecule has 0 unspecified atom stereocenters. The lowest BCUT2D eigenvalue weighted by Gasteiger charge is -2.09. The zero-order valence-electron chi connectivity index (χ0n) is 18.4. The van der Waals surface area contributed by atoms with Crippen LogP contribution in [-0.4, -0.2) is 12.5 Å². The number of nitrogens with one attached hydrogen (secondary N) is 1. The van der Waals surface area contributed by atoms with Crippen molar-refractivity contribution in [1.82, 2.24) is 5.32 Å². The maximum Gasteiger partial charge on any atom is 0.255 e. The van der Waals surface area contributed by atoms with Crippen LogP contribution in [0.1, 0.15) is 35.3 Å². The van der Waals surface area contributed by atoms with Crippen molar-refractivity contribution in [2.45, 2.75) is 13.8 Å². The molecular weight excluding hydrogens is 432 g/mol. The van der Waals surface area contributed by atoms with E-state index in [4.69, 9.17) is 16.0 Å². The van der Waals surface area contributed by atoms with Gasteiger partial charge in [-0.2, -0.15) is 5.26 Å². The van der Waals surface area contributed by atoms with E-state index in [9.17, 15) is 10.1 Å². The van der Waals surface area contributed by atoms with Gasteiger partial charge in [0.1, 0.15) is 11.3 Å². The number of benzene rings is 3. The molecule has 0 fully saturated rings. The molecule has 1 heterocycles. The van der Waals surface area contributed by atoms with Gasteiger partial charge < -0.3 is 9.73 Å². The summed E-state index contributed by atoms with van der Waals surface area (Å²) in [5.41, 5.74) is 4.15. The van der Waals surface area contributed by atoms with Crippen LogP contribution in [0.5, 0.6) is 0 Å². The molecule has 0 atom stereocenters. The molecule has 0 saturated heterocycles. The third-order valence-corrected chi connectivity index (χ3v) is 5.50. The number of carbonyl (C=O) groups excluding carboxylic acids is 1. The van der Waals surface area contributed by atoms with Crippen LogP contribution < -0.4 is 5.32 Å². The Kier molecular flexibility index (Phi) is 6.63. The average Bonchev–Trinajstić information content (AvgIpc) is 3.22. The summed E-state index contributed by atoms with van der Waals surface area (Å²) >= 11 is 5.95. The first-order chi connectivity index (χ1) is 16.0. The van der Waals surface area contributed by atoms with Gasteiger partial charge in [0.25, 0.3) is 5.91 Å². The zero-order valence-corrected chi connectivity index (χ0v) is 19.2. The number of fused-ring (bicyclic) bond motifs is 1. The summed E-state index contributed by atoms with van der Waals surface area (Å²) in [6, 6.07) is 24.6. The molecule has 0 spiro atoms. The Hall–Kier alpha value is -3.81. The molecule has 4 nitrogen and oxygen atoms in total. The highest BCUT2D eigenvalue weighted by Gasteiger charge is 2.22. The topological polar surface area (TPSA) is 66.0 Å². The summed E-state index contributed by atoms with van der Waals surface area (Å²) in [6.45, 7) is 4.69. The number of halogens is 1. The first-order valence-corrected chi connectivity index (χ1v) is 11.1. The first kappa shape index (κ1) is 22.4. The summed E-state index contributed by atoms with van der Waals surface area (Å²) in [7, 11) is 0. The minimum Gasteiger partial charge on any atom is -0.455 e. The van der Waals surface area contributed by atoms with Crippen molar-refractivity contribution < 1.29 is 9.21 Å². The second-order valence-corrected chi connectivity index (χ2v) is 8.64. The van der Waals surface area contributed by atoms with E-state index in [0.29, 0.717) is 40.0 Å². The van der Waals surface area contributed by atoms with Gasteiger partial charge in [0.05, 0.1) is 17.2 Å². The standard InChI is InChI=1S/C28H23ClN2O2/c1-18(2)17-31-28(32)26-24-5-3-4-6-25(24)33-27(26)21-11-9-20(10-12-21)22(16-30)15-19-7-13-23(29)14-8-19/h3-15,18H,17H2,1-2H3,(H,31,32)/b22-15+. The lowest BCUT2D eigenvalue weighted by atomic mass is 9.99. The normalized spacial score (nSPS) is 11.5. The van der Waals surface area contributed by atoms with E-state index in [0.717, 1.165) is 22.1 Å². The highest BCUT2D eigenvalue weighted by molar-refractivity contribution is 6.30. The van der Waals surface area contributed by atoms with Gasteiger partial charge in [0.2, 0.25) is 0 Å². The molecule has 3 aromatic carbocycles. The maximum absolute atomic E-state index is 13.0. The van der Waals surface area contributed by atoms with E-state index in [-0.39, 0.29) is 5.91 Å². The van der Waals surface area contributed by atoms with E-state index in [1.54, 1.807) is 12.1 Å². The fourth-order valence-electron chi connectivity index (χ4n) is 3.57. The summed E-state index contributed by atoms with van der Waals surface area (Å²) in [5, 5.41) is 14.1. The van der Waals surface area contributed by atoms with E-state index < -0.39 is 0 Å². The van der Waals surface area contributed by atoms with Crippen molar-refractivity contribution in [2.24, 2.45) is 5.92 Å². The Balaban J connectivity index is 1.71. The summed E-state index contributed by atoms with van der Waals surface area (Å²) in [6.07, 6.45) is 1.82. The summed E-state index contributed by atoms with van der Waals surface area (Å²) < 4.78 is 6.09. The van der Waals surface area contributed by atoms with Crippen LogP contribution in [0.2, 0.25) is 5.02 Å². The molecule has 1 N–H and O–H groups in total. The van der Waals surface area contributed by atoms with Crippen LogP contribution in [0, 0.1) is 17.2 Å². The number of hydrogen-bond acceptors (Lipinski definition) is 3. The fraction of sp³-hybridized carbons (Fsp3) is 0.143. The minimum atomic E-state index is -0.159. The number of allylic oxidation sites excluding steroid dienone is 1. The monoisotopic (exact) mass is 454 g/mol. The van der Waals surface area contributed by atoms with E-state index in [1.165, 1.54) is 0 Å². The van der Waals surface area contributed by atoms with Crippen molar-refractivity contribution in [1.29, 1.82) is 5.26 Å². The van der Waals surface area contributed by atoms with E-state index in [2.05, 4.69) is 25.2 Å². The van der Waals surface area contributed by atoms with Gasteiger partial charge >= 0.3 is 0 Å². The van der Waals surface area contributed by atoms with Gasteiger partial charge in [-0.3, -0.25) is 4.79 Å². The smallest absolute Gasteiger partial charge is 0.255 e. The Morgan fingerprint density at radius 2 is 1.76 bits per heavy atom. The molecule has 0 saturated carbocycles.